The summed E-state index contributed by atoms with van der Waals surface area (Å²) in [5.74, 6) is -1.18. The minimum Gasteiger partial charge on any atom is -0.456 e. The van der Waals surface area contributed by atoms with E-state index in [1.54, 1.807) is 12.3 Å². The van der Waals surface area contributed by atoms with Gasteiger partial charge in [-0.25, -0.2) is 0 Å². The van der Waals surface area contributed by atoms with Crippen molar-refractivity contribution in [1.29, 1.82) is 0 Å². The second-order valence-corrected chi connectivity index (χ2v) is 6.54. The van der Waals surface area contributed by atoms with Gasteiger partial charge < -0.3 is 9.72 Å². The summed E-state index contributed by atoms with van der Waals surface area (Å²) in [6.07, 6.45) is -7.37. The number of fused-ring (bicyclic) bond motifs is 1. The van der Waals surface area contributed by atoms with Crippen LogP contribution in [0.25, 0.3) is 10.9 Å². The molecule has 28 heavy (non-hydrogen) atoms. The molecule has 0 amide bonds. The van der Waals surface area contributed by atoms with Crippen molar-refractivity contribution >= 4 is 10.9 Å². The summed E-state index contributed by atoms with van der Waals surface area (Å²) in [4.78, 5) is 3.05. The molecule has 1 aromatic heterocycles. The van der Waals surface area contributed by atoms with Crippen molar-refractivity contribution in [3.8, 4) is 11.5 Å². The second-order valence-electron chi connectivity index (χ2n) is 6.54. The Morgan fingerprint density at radius 3 is 2.11 bits per heavy atom. The van der Waals surface area contributed by atoms with E-state index in [2.05, 4.69) is 4.98 Å². The predicted molar refractivity (Wildman–Crippen MR) is 93.5 cm³/mol. The van der Waals surface area contributed by atoms with E-state index in [0.29, 0.717) is 17.5 Å². The zero-order valence-electron chi connectivity index (χ0n) is 15.0. The monoisotopic (exact) mass is 401 g/mol. The van der Waals surface area contributed by atoms with E-state index in [1.165, 1.54) is 12.1 Å². The molecule has 0 spiro atoms. The molecule has 1 atom stereocenters. The normalized spacial score (nSPS) is 13.7. The molecule has 0 aliphatic rings. The number of hydrogen-bond donors (Lipinski definition) is 1. The Labute approximate surface area is 157 Å². The molecule has 0 saturated heterocycles. The Morgan fingerprint density at radius 1 is 0.964 bits per heavy atom. The predicted octanol–water partition coefficient (Wildman–Crippen LogP) is 7.51. The summed E-state index contributed by atoms with van der Waals surface area (Å²) in [6, 6.07) is 6.23. The number of ether oxygens (including phenoxy) is 1. The molecule has 1 N–H and O–H groups in total. The first-order valence-corrected chi connectivity index (χ1v) is 8.58. The Bertz CT molecular complexity index is 954. The first-order chi connectivity index (χ1) is 13.0. The van der Waals surface area contributed by atoms with Crippen LogP contribution < -0.4 is 4.74 Å². The van der Waals surface area contributed by atoms with Crippen LogP contribution in [0.4, 0.5) is 26.3 Å². The molecule has 0 radical (unpaired) electrons. The van der Waals surface area contributed by atoms with Gasteiger partial charge in [-0.15, -0.1) is 0 Å². The molecule has 0 aliphatic heterocycles. The highest BCUT2D eigenvalue weighted by Gasteiger charge is 2.42. The molecular weight excluding hydrogens is 384 g/mol. The van der Waals surface area contributed by atoms with Crippen LogP contribution in [0, 0.1) is 0 Å². The smallest absolute Gasteiger partial charge is 0.420 e. The van der Waals surface area contributed by atoms with E-state index >= 15 is 0 Å². The summed E-state index contributed by atoms with van der Waals surface area (Å²) in [7, 11) is 0. The molecule has 1 unspecified atom stereocenters. The van der Waals surface area contributed by atoms with E-state index in [4.69, 9.17) is 4.74 Å². The minimum atomic E-state index is -4.99. The van der Waals surface area contributed by atoms with Crippen molar-refractivity contribution in [2.45, 2.75) is 38.5 Å². The number of alkyl halides is 6. The van der Waals surface area contributed by atoms with Gasteiger partial charge in [0, 0.05) is 17.1 Å². The van der Waals surface area contributed by atoms with Gasteiger partial charge in [-0.05, 0) is 48.2 Å². The van der Waals surface area contributed by atoms with E-state index < -0.39 is 29.2 Å². The van der Waals surface area contributed by atoms with Gasteiger partial charge in [-0.1, -0.05) is 19.9 Å². The first kappa shape index (κ1) is 20.1. The van der Waals surface area contributed by atoms with E-state index in [0.717, 1.165) is 23.6 Å². The third-order valence-corrected chi connectivity index (χ3v) is 4.67. The highest BCUT2D eigenvalue weighted by atomic mass is 19.4. The number of aromatic nitrogens is 1. The van der Waals surface area contributed by atoms with Crippen molar-refractivity contribution in [2.24, 2.45) is 0 Å². The fourth-order valence-corrected chi connectivity index (χ4v) is 3.02. The van der Waals surface area contributed by atoms with E-state index in [1.807, 2.05) is 13.8 Å². The molecule has 0 saturated carbocycles. The topological polar surface area (TPSA) is 25.0 Å². The molecule has 3 aromatic rings. The van der Waals surface area contributed by atoms with Crippen LogP contribution in [0.2, 0.25) is 0 Å². The SMILES string of the molecule is CCC(C)c1c[nH]c2ccc(Oc3c(C(F)(F)F)cccc3C(F)(F)F)cc12. The van der Waals surface area contributed by atoms with Gasteiger partial charge in [0.05, 0.1) is 11.1 Å². The Balaban J connectivity index is 2.13. The number of nitrogens with one attached hydrogen (secondary N) is 1. The zero-order valence-corrected chi connectivity index (χ0v) is 15.0. The molecule has 0 fully saturated rings. The lowest BCUT2D eigenvalue weighted by molar-refractivity contribution is -0.144. The minimum absolute atomic E-state index is 0.0983. The quantitative estimate of drug-likeness (QED) is 0.450. The summed E-state index contributed by atoms with van der Waals surface area (Å²) in [5.41, 5.74) is -1.30. The Kier molecular flexibility index (Phi) is 5.08. The van der Waals surface area contributed by atoms with Crippen LogP contribution in [-0.4, -0.2) is 4.98 Å². The summed E-state index contributed by atoms with van der Waals surface area (Å²) < 4.78 is 84.9. The molecular formula is C20H17F6NO. The Hall–Kier alpha value is -2.64. The average molecular weight is 401 g/mol. The molecule has 150 valence electrons. The highest BCUT2D eigenvalue weighted by Crippen LogP contribution is 2.46. The number of H-pyrrole nitrogens is 1. The third kappa shape index (κ3) is 3.81. The number of rotatable bonds is 4. The van der Waals surface area contributed by atoms with E-state index in [9.17, 15) is 26.3 Å². The van der Waals surface area contributed by atoms with Crippen LogP contribution in [-0.2, 0) is 12.4 Å². The number of aromatic amines is 1. The molecule has 2 aromatic carbocycles. The highest BCUT2D eigenvalue weighted by molar-refractivity contribution is 5.85. The average Bonchev–Trinajstić information content (AvgIpc) is 3.02. The molecule has 1 heterocycles. The van der Waals surface area contributed by atoms with Crippen LogP contribution in [0.3, 0.4) is 0 Å². The van der Waals surface area contributed by atoms with Gasteiger partial charge in [0.25, 0.3) is 0 Å². The lowest BCUT2D eigenvalue weighted by atomic mass is 9.98. The van der Waals surface area contributed by atoms with Gasteiger partial charge >= 0.3 is 12.4 Å². The zero-order chi connectivity index (χ0) is 20.7. The maximum atomic E-state index is 13.3. The van der Waals surface area contributed by atoms with Crippen LogP contribution >= 0.6 is 0 Å². The van der Waals surface area contributed by atoms with Gasteiger partial charge in [0.2, 0.25) is 0 Å². The fourth-order valence-electron chi connectivity index (χ4n) is 3.02. The van der Waals surface area contributed by atoms with Gasteiger partial charge in [-0.2, -0.15) is 26.3 Å². The Morgan fingerprint density at radius 2 is 1.57 bits per heavy atom. The standard InChI is InChI=1S/C20H17F6NO/c1-3-11(2)14-10-27-17-8-7-12(9-13(14)17)28-18-15(19(21,22)23)5-4-6-16(18)20(24,25)26/h4-11,27H,3H2,1-2H3. The molecule has 0 aliphatic carbocycles. The maximum absolute atomic E-state index is 13.3. The number of hydrogen-bond acceptors (Lipinski definition) is 1. The van der Waals surface area contributed by atoms with Crippen LogP contribution in [0.5, 0.6) is 11.5 Å². The van der Waals surface area contributed by atoms with Gasteiger partial charge in [0.15, 0.2) is 5.75 Å². The largest absolute Gasteiger partial charge is 0.456 e. The molecule has 3 rings (SSSR count). The van der Waals surface area contributed by atoms with Crippen molar-refractivity contribution in [1.82, 2.24) is 4.98 Å². The lowest BCUT2D eigenvalue weighted by Gasteiger charge is -2.19. The first-order valence-electron chi connectivity index (χ1n) is 8.58. The van der Waals surface area contributed by atoms with Crippen molar-refractivity contribution in [3.63, 3.8) is 0 Å². The third-order valence-electron chi connectivity index (χ3n) is 4.67. The molecule has 2 nitrogen and oxygen atoms in total. The fraction of sp³-hybridized carbons (Fsp3) is 0.300. The van der Waals surface area contributed by atoms with Crippen molar-refractivity contribution in [2.75, 3.05) is 0 Å². The number of halogens is 6. The van der Waals surface area contributed by atoms with Crippen LogP contribution in [0.15, 0.2) is 42.6 Å². The van der Waals surface area contributed by atoms with Crippen molar-refractivity contribution in [3.05, 3.63) is 59.3 Å². The lowest BCUT2D eigenvalue weighted by Crippen LogP contribution is -2.13. The number of benzene rings is 2. The maximum Gasteiger partial charge on any atom is 0.420 e. The summed E-state index contributed by atoms with van der Waals surface area (Å²) >= 11 is 0. The van der Waals surface area contributed by atoms with E-state index in [-0.39, 0.29) is 11.7 Å². The second kappa shape index (κ2) is 7.07. The van der Waals surface area contributed by atoms with Gasteiger partial charge in [-0.3, -0.25) is 0 Å². The molecule has 0 bridgehead atoms. The number of para-hydroxylation sites is 1. The summed E-state index contributed by atoms with van der Waals surface area (Å²) in [6.45, 7) is 3.97. The molecule has 8 heteroatoms. The van der Waals surface area contributed by atoms with Crippen LogP contribution in [0.1, 0.15) is 42.9 Å². The van der Waals surface area contributed by atoms with Crippen molar-refractivity contribution < 1.29 is 31.1 Å². The summed E-state index contributed by atoms with van der Waals surface area (Å²) in [5, 5.41) is 0.699. The van der Waals surface area contributed by atoms with Gasteiger partial charge in [0.1, 0.15) is 5.75 Å².